The highest BCUT2D eigenvalue weighted by molar-refractivity contribution is 6.30. The standard InChI is InChI=1S/C17H24ClFN2/c1-11(12-6-7-17(19)16(18)8-12)20-13-9-14-4-3-5-15(10-13)21(14)2/h6-8,11,13-15,20H,3-5,9-10H2,1-2H3. The molecule has 0 aromatic heterocycles. The first-order valence-electron chi connectivity index (χ1n) is 7.97. The molecule has 2 nitrogen and oxygen atoms in total. The Morgan fingerprint density at radius 3 is 2.57 bits per heavy atom. The summed E-state index contributed by atoms with van der Waals surface area (Å²) in [7, 11) is 2.27. The van der Waals surface area contributed by atoms with Crippen LogP contribution in [0.2, 0.25) is 5.02 Å². The molecule has 1 aromatic rings. The summed E-state index contributed by atoms with van der Waals surface area (Å²) < 4.78 is 13.3. The third kappa shape index (κ3) is 3.25. The predicted octanol–water partition coefficient (Wildman–Crippen LogP) is 4.15. The first kappa shape index (κ1) is 15.3. The third-order valence-electron chi connectivity index (χ3n) is 5.27. The zero-order valence-corrected chi connectivity index (χ0v) is 13.5. The Labute approximate surface area is 131 Å². The maximum absolute atomic E-state index is 13.3. The summed E-state index contributed by atoms with van der Waals surface area (Å²) in [5.74, 6) is -0.346. The highest BCUT2D eigenvalue weighted by atomic mass is 35.5. The van der Waals surface area contributed by atoms with Gasteiger partial charge in [-0.25, -0.2) is 4.39 Å². The fourth-order valence-corrected chi connectivity index (χ4v) is 4.17. The fraction of sp³-hybridized carbons (Fsp3) is 0.647. The van der Waals surface area contributed by atoms with Crippen molar-refractivity contribution in [2.75, 3.05) is 7.05 Å². The van der Waals surface area contributed by atoms with Crippen molar-refractivity contribution in [3.8, 4) is 0 Å². The number of hydrogen-bond acceptors (Lipinski definition) is 2. The highest BCUT2D eigenvalue weighted by Crippen LogP contribution is 2.33. The van der Waals surface area contributed by atoms with E-state index in [4.69, 9.17) is 11.6 Å². The van der Waals surface area contributed by atoms with Gasteiger partial charge in [0.1, 0.15) is 5.82 Å². The number of nitrogens with zero attached hydrogens (tertiary/aromatic N) is 1. The Hall–Kier alpha value is -0.640. The van der Waals surface area contributed by atoms with E-state index in [-0.39, 0.29) is 16.9 Å². The quantitative estimate of drug-likeness (QED) is 0.902. The summed E-state index contributed by atoms with van der Waals surface area (Å²) >= 11 is 5.89. The highest BCUT2D eigenvalue weighted by Gasteiger charge is 2.36. The summed E-state index contributed by atoms with van der Waals surface area (Å²) in [6.07, 6.45) is 6.44. The summed E-state index contributed by atoms with van der Waals surface area (Å²) in [6, 6.07) is 7.23. The number of rotatable bonds is 3. The second-order valence-corrected chi connectivity index (χ2v) is 7.04. The molecule has 1 N–H and O–H groups in total. The molecule has 2 aliphatic rings. The van der Waals surface area contributed by atoms with Gasteiger partial charge < -0.3 is 10.2 Å². The van der Waals surface area contributed by atoms with E-state index in [1.54, 1.807) is 6.07 Å². The molecule has 1 aromatic carbocycles. The van der Waals surface area contributed by atoms with E-state index in [0.717, 1.165) is 17.6 Å². The molecule has 0 radical (unpaired) electrons. The van der Waals surface area contributed by atoms with Gasteiger partial charge in [0.15, 0.2) is 0 Å². The van der Waals surface area contributed by atoms with Gasteiger partial charge in [-0.2, -0.15) is 0 Å². The zero-order valence-electron chi connectivity index (χ0n) is 12.8. The van der Waals surface area contributed by atoms with Gasteiger partial charge >= 0.3 is 0 Å². The number of fused-ring (bicyclic) bond motifs is 2. The van der Waals surface area contributed by atoms with Crippen molar-refractivity contribution in [1.82, 2.24) is 10.2 Å². The number of halogens is 2. The van der Waals surface area contributed by atoms with Crippen LogP contribution < -0.4 is 5.32 Å². The maximum atomic E-state index is 13.3. The molecule has 21 heavy (non-hydrogen) atoms. The van der Waals surface area contributed by atoms with Crippen molar-refractivity contribution >= 4 is 11.6 Å². The molecule has 3 rings (SSSR count). The Morgan fingerprint density at radius 2 is 1.95 bits per heavy atom. The molecular weight excluding hydrogens is 287 g/mol. The van der Waals surface area contributed by atoms with Crippen molar-refractivity contribution < 1.29 is 4.39 Å². The molecule has 0 amide bonds. The zero-order chi connectivity index (χ0) is 15.0. The van der Waals surface area contributed by atoms with Gasteiger partial charge in [-0.15, -0.1) is 0 Å². The largest absolute Gasteiger partial charge is 0.307 e. The monoisotopic (exact) mass is 310 g/mol. The Morgan fingerprint density at radius 1 is 1.29 bits per heavy atom. The number of hydrogen-bond donors (Lipinski definition) is 1. The number of benzene rings is 1. The van der Waals surface area contributed by atoms with Crippen molar-refractivity contribution in [2.45, 2.75) is 63.2 Å². The lowest BCUT2D eigenvalue weighted by Gasteiger charge is -2.47. The molecule has 2 bridgehead atoms. The average Bonchev–Trinajstić information content (AvgIpc) is 2.43. The molecule has 2 heterocycles. The second kappa shape index (κ2) is 6.23. The maximum Gasteiger partial charge on any atom is 0.141 e. The van der Waals surface area contributed by atoms with Crippen LogP contribution in [0.5, 0.6) is 0 Å². The van der Waals surface area contributed by atoms with Crippen molar-refractivity contribution in [3.63, 3.8) is 0 Å². The van der Waals surface area contributed by atoms with E-state index in [0.29, 0.717) is 6.04 Å². The number of piperidine rings is 2. The lowest BCUT2D eigenvalue weighted by atomic mass is 9.82. The third-order valence-corrected chi connectivity index (χ3v) is 5.56. The van der Waals surface area contributed by atoms with Gasteiger partial charge in [-0.1, -0.05) is 24.1 Å². The van der Waals surface area contributed by atoms with E-state index in [1.165, 1.54) is 38.2 Å². The van der Waals surface area contributed by atoms with Gasteiger partial charge in [-0.3, -0.25) is 0 Å². The van der Waals surface area contributed by atoms with Crippen LogP contribution in [0.3, 0.4) is 0 Å². The molecule has 3 unspecified atom stereocenters. The summed E-state index contributed by atoms with van der Waals surface area (Å²) in [6.45, 7) is 2.14. The molecule has 0 aliphatic carbocycles. The molecule has 4 heteroatoms. The second-order valence-electron chi connectivity index (χ2n) is 6.63. The van der Waals surface area contributed by atoms with Crippen LogP contribution in [0.25, 0.3) is 0 Å². The molecule has 2 aliphatic heterocycles. The lowest BCUT2D eigenvalue weighted by molar-refractivity contribution is 0.0463. The Balaban J connectivity index is 1.65. The average molecular weight is 311 g/mol. The number of nitrogens with one attached hydrogen (secondary N) is 1. The molecular formula is C17H24ClFN2. The topological polar surface area (TPSA) is 15.3 Å². The van der Waals surface area contributed by atoms with E-state index < -0.39 is 0 Å². The minimum absolute atomic E-state index is 0.206. The SMILES string of the molecule is CC(NC1CC2CCCC(C1)N2C)c1ccc(F)c(Cl)c1. The van der Waals surface area contributed by atoms with Crippen molar-refractivity contribution in [2.24, 2.45) is 0 Å². The Bertz CT molecular complexity index is 494. The lowest BCUT2D eigenvalue weighted by Crippen LogP contribution is -2.54. The fourth-order valence-electron chi connectivity index (χ4n) is 3.98. The van der Waals surface area contributed by atoms with Crippen LogP contribution in [0.4, 0.5) is 4.39 Å². The molecule has 2 saturated heterocycles. The summed E-state index contributed by atoms with van der Waals surface area (Å²) in [4.78, 5) is 2.57. The van der Waals surface area contributed by atoms with E-state index >= 15 is 0 Å². The van der Waals surface area contributed by atoms with Crippen LogP contribution in [0.15, 0.2) is 18.2 Å². The molecule has 0 saturated carbocycles. The molecule has 0 spiro atoms. The van der Waals surface area contributed by atoms with Gasteiger partial charge in [0.2, 0.25) is 0 Å². The van der Waals surface area contributed by atoms with Crippen molar-refractivity contribution in [1.29, 1.82) is 0 Å². The van der Waals surface area contributed by atoms with Crippen LogP contribution in [-0.2, 0) is 0 Å². The minimum atomic E-state index is -0.346. The molecule has 2 fully saturated rings. The minimum Gasteiger partial charge on any atom is -0.307 e. The van der Waals surface area contributed by atoms with Gasteiger partial charge in [0.25, 0.3) is 0 Å². The van der Waals surface area contributed by atoms with Crippen LogP contribution in [0.1, 0.15) is 50.6 Å². The van der Waals surface area contributed by atoms with Gasteiger partial charge in [0, 0.05) is 24.2 Å². The first-order chi connectivity index (χ1) is 10.0. The van der Waals surface area contributed by atoms with E-state index in [1.807, 2.05) is 6.07 Å². The smallest absolute Gasteiger partial charge is 0.141 e. The molecule has 116 valence electrons. The van der Waals surface area contributed by atoms with Crippen LogP contribution in [0, 0.1) is 5.82 Å². The van der Waals surface area contributed by atoms with Crippen LogP contribution in [-0.4, -0.2) is 30.1 Å². The molecule has 3 atom stereocenters. The van der Waals surface area contributed by atoms with E-state index in [9.17, 15) is 4.39 Å². The van der Waals surface area contributed by atoms with Crippen LogP contribution >= 0.6 is 11.6 Å². The van der Waals surface area contributed by atoms with Gasteiger partial charge in [0.05, 0.1) is 5.02 Å². The van der Waals surface area contributed by atoms with Gasteiger partial charge in [-0.05, 0) is 57.4 Å². The predicted molar refractivity (Wildman–Crippen MR) is 85.2 cm³/mol. The van der Waals surface area contributed by atoms with E-state index in [2.05, 4.69) is 24.2 Å². The first-order valence-corrected chi connectivity index (χ1v) is 8.35. The van der Waals surface area contributed by atoms with Crippen molar-refractivity contribution in [3.05, 3.63) is 34.6 Å². The normalized spacial score (nSPS) is 31.1. The summed E-state index contributed by atoms with van der Waals surface area (Å²) in [5, 5.41) is 3.93. The summed E-state index contributed by atoms with van der Waals surface area (Å²) in [5.41, 5.74) is 1.06. The Kier molecular flexibility index (Phi) is 4.53.